The van der Waals surface area contributed by atoms with E-state index in [2.05, 4.69) is 61.2 Å². The SMILES string of the molecule is CC.CN(C)CCCOc1ccc(CCNC(=O)c2cc(Br)c[nH]2)cc1Br. The lowest BCUT2D eigenvalue weighted by Crippen LogP contribution is -2.25. The van der Waals surface area contributed by atoms with Crippen LogP contribution < -0.4 is 10.1 Å². The third-order valence-electron chi connectivity index (χ3n) is 3.60. The summed E-state index contributed by atoms with van der Waals surface area (Å²) in [5, 5.41) is 2.91. The summed E-state index contributed by atoms with van der Waals surface area (Å²) in [4.78, 5) is 17.0. The van der Waals surface area contributed by atoms with Crippen molar-refractivity contribution in [2.24, 2.45) is 0 Å². The summed E-state index contributed by atoms with van der Waals surface area (Å²) in [6, 6.07) is 7.80. The Kier molecular flexibility index (Phi) is 11.4. The summed E-state index contributed by atoms with van der Waals surface area (Å²) in [5.41, 5.74) is 1.69. The van der Waals surface area contributed by atoms with Crippen molar-refractivity contribution >= 4 is 37.8 Å². The highest BCUT2D eigenvalue weighted by atomic mass is 79.9. The Morgan fingerprint density at radius 2 is 1.96 bits per heavy atom. The highest BCUT2D eigenvalue weighted by molar-refractivity contribution is 9.10. The van der Waals surface area contributed by atoms with E-state index >= 15 is 0 Å². The summed E-state index contributed by atoms with van der Waals surface area (Å²) in [7, 11) is 4.11. The van der Waals surface area contributed by atoms with Crippen LogP contribution in [0, 0.1) is 0 Å². The van der Waals surface area contributed by atoms with Gasteiger partial charge in [-0.1, -0.05) is 19.9 Å². The van der Waals surface area contributed by atoms with Gasteiger partial charge in [0.15, 0.2) is 0 Å². The van der Waals surface area contributed by atoms with Crippen molar-refractivity contribution in [3.05, 3.63) is 50.7 Å². The second-order valence-corrected chi connectivity index (χ2v) is 7.78. The maximum Gasteiger partial charge on any atom is 0.267 e. The number of aromatic nitrogens is 1. The molecular formula is C20H29Br2N3O2. The fourth-order valence-electron chi connectivity index (χ4n) is 2.29. The minimum atomic E-state index is -0.106. The quantitative estimate of drug-likeness (QED) is 0.481. The van der Waals surface area contributed by atoms with Crippen LogP contribution in [0.4, 0.5) is 0 Å². The highest BCUT2D eigenvalue weighted by Gasteiger charge is 2.08. The van der Waals surface area contributed by atoms with E-state index in [9.17, 15) is 4.79 Å². The monoisotopic (exact) mass is 501 g/mol. The molecule has 2 aromatic rings. The van der Waals surface area contributed by atoms with Gasteiger partial charge in [-0.15, -0.1) is 0 Å². The first kappa shape index (κ1) is 23.7. The number of benzene rings is 1. The molecular weight excluding hydrogens is 474 g/mol. The second kappa shape index (κ2) is 13.0. The average molecular weight is 503 g/mol. The van der Waals surface area contributed by atoms with Crippen LogP contribution in [0.5, 0.6) is 5.75 Å². The first-order chi connectivity index (χ1) is 13.0. The van der Waals surface area contributed by atoms with E-state index in [1.165, 1.54) is 0 Å². The molecule has 0 saturated carbocycles. The maximum absolute atomic E-state index is 12.0. The van der Waals surface area contributed by atoms with E-state index in [1.807, 2.05) is 32.0 Å². The molecule has 5 nitrogen and oxygen atoms in total. The van der Waals surface area contributed by atoms with Crippen molar-refractivity contribution in [1.29, 1.82) is 0 Å². The zero-order valence-corrected chi connectivity index (χ0v) is 19.6. The van der Waals surface area contributed by atoms with E-state index in [0.29, 0.717) is 18.8 Å². The molecule has 0 radical (unpaired) electrons. The Morgan fingerprint density at radius 3 is 2.56 bits per heavy atom. The molecule has 27 heavy (non-hydrogen) atoms. The molecule has 0 atom stereocenters. The van der Waals surface area contributed by atoms with Crippen molar-refractivity contribution in [3.63, 3.8) is 0 Å². The number of amides is 1. The number of aromatic amines is 1. The lowest BCUT2D eigenvalue weighted by molar-refractivity contribution is 0.0949. The molecule has 0 aliphatic heterocycles. The van der Waals surface area contributed by atoms with Crippen molar-refractivity contribution < 1.29 is 9.53 Å². The topological polar surface area (TPSA) is 57.4 Å². The molecule has 0 fully saturated rings. The van der Waals surface area contributed by atoms with Gasteiger partial charge in [0.1, 0.15) is 11.4 Å². The first-order valence-corrected chi connectivity index (χ1v) is 10.7. The van der Waals surface area contributed by atoms with E-state index in [4.69, 9.17) is 4.74 Å². The molecule has 1 aromatic heterocycles. The van der Waals surface area contributed by atoms with Crippen LogP contribution in [0.25, 0.3) is 0 Å². The summed E-state index contributed by atoms with van der Waals surface area (Å²) in [6.45, 7) is 6.27. The van der Waals surface area contributed by atoms with Crippen LogP contribution in [-0.4, -0.2) is 49.6 Å². The van der Waals surface area contributed by atoms with Crippen LogP contribution in [0.3, 0.4) is 0 Å². The van der Waals surface area contributed by atoms with E-state index < -0.39 is 0 Å². The molecule has 0 aliphatic rings. The van der Waals surface area contributed by atoms with Crippen LogP contribution in [0.2, 0.25) is 0 Å². The van der Waals surface area contributed by atoms with E-state index in [1.54, 1.807) is 12.3 Å². The number of carbonyl (C=O) groups is 1. The third kappa shape index (κ3) is 8.95. The van der Waals surface area contributed by atoms with Crippen LogP contribution >= 0.6 is 31.9 Å². The summed E-state index contributed by atoms with van der Waals surface area (Å²) >= 11 is 6.87. The Hall–Kier alpha value is -1.31. The molecule has 2 N–H and O–H groups in total. The fourth-order valence-corrected chi connectivity index (χ4v) is 3.18. The molecule has 0 spiro atoms. The van der Waals surface area contributed by atoms with Gasteiger partial charge in [0.25, 0.3) is 5.91 Å². The highest BCUT2D eigenvalue weighted by Crippen LogP contribution is 2.26. The minimum Gasteiger partial charge on any atom is -0.492 e. The summed E-state index contributed by atoms with van der Waals surface area (Å²) < 4.78 is 7.60. The van der Waals surface area contributed by atoms with Gasteiger partial charge in [0.05, 0.1) is 11.1 Å². The number of nitrogens with zero attached hydrogens (tertiary/aromatic N) is 1. The van der Waals surface area contributed by atoms with Gasteiger partial charge in [0, 0.05) is 23.8 Å². The first-order valence-electron chi connectivity index (χ1n) is 9.14. The van der Waals surface area contributed by atoms with Gasteiger partial charge in [-0.2, -0.15) is 0 Å². The summed E-state index contributed by atoms with van der Waals surface area (Å²) in [6.07, 6.45) is 3.48. The summed E-state index contributed by atoms with van der Waals surface area (Å²) in [5.74, 6) is 0.744. The number of H-pyrrole nitrogens is 1. The largest absolute Gasteiger partial charge is 0.492 e. The molecule has 1 heterocycles. The molecule has 0 unspecified atom stereocenters. The van der Waals surface area contributed by atoms with Crippen molar-refractivity contribution in [2.45, 2.75) is 26.7 Å². The van der Waals surface area contributed by atoms with Crippen molar-refractivity contribution in [2.75, 3.05) is 33.8 Å². The van der Waals surface area contributed by atoms with Gasteiger partial charge >= 0.3 is 0 Å². The average Bonchev–Trinajstić information content (AvgIpc) is 3.08. The molecule has 1 aromatic carbocycles. The molecule has 0 aliphatic carbocycles. The smallest absolute Gasteiger partial charge is 0.267 e. The Balaban J connectivity index is 0.00000176. The number of hydrogen-bond donors (Lipinski definition) is 2. The fraction of sp³-hybridized carbons (Fsp3) is 0.450. The molecule has 7 heteroatoms. The zero-order chi connectivity index (χ0) is 20.2. The Morgan fingerprint density at radius 1 is 1.22 bits per heavy atom. The number of rotatable bonds is 9. The number of nitrogens with one attached hydrogen (secondary N) is 2. The number of ether oxygens (including phenoxy) is 1. The standard InChI is InChI=1S/C18H23Br2N3O2.C2H6/c1-23(2)8-3-9-25-17-5-4-13(10-15(17)20)6-7-21-18(24)16-11-14(19)12-22-16;1-2/h4-5,10-12,22H,3,6-9H2,1-2H3,(H,21,24);1-2H3. The molecule has 150 valence electrons. The normalized spacial score (nSPS) is 10.3. The van der Waals surface area contributed by atoms with E-state index in [0.717, 1.165) is 39.6 Å². The Bertz CT molecular complexity index is 702. The van der Waals surface area contributed by atoms with Gasteiger partial charge in [-0.25, -0.2) is 0 Å². The van der Waals surface area contributed by atoms with Crippen molar-refractivity contribution in [3.8, 4) is 5.75 Å². The molecule has 2 rings (SSSR count). The number of carbonyl (C=O) groups excluding carboxylic acids is 1. The van der Waals surface area contributed by atoms with E-state index in [-0.39, 0.29) is 5.91 Å². The molecule has 0 bridgehead atoms. The van der Waals surface area contributed by atoms with Crippen LogP contribution in [0.15, 0.2) is 39.4 Å². The third-order valence-corrected chi connectivity index (χ3v) is 4.67. The minimum absolute atomic E-state index is 0.106. The predicted octanol–water partition coefficient (Wildman–Crippen LogP) is 4.87. The van der Waals surface area contributed by atoms with Gasteiger partial charge in [-0.3, -0.25) is 4.79 Å². The van der Waals surface area contributed by atoms with Crippen LogP contribution in [0.1, 0.15) is 36.3 Å². The lowest BCUT2D eigenvalue weighted by Gasteiger charge is -2.12. The number of hydrogen-bond acceptors (Lipinski definition) is 3. The lowest BCUT2D eigenvalue weighted by atomic mass is 10.1. The second-order valence-electron chi connectivity index (χ2n) is 6.01. The maximum atomic E-state index is 12.0. The predicted molar refractivity (Wildman–Crippen MR) is 119 cm³/mol. The Labute approximate surface area is 179 Å². The van der Waals surface area contributed by atoms with Gasteiger partial charge in [0.2, 0.25) is 0 Å². The zero-order valence-electron chi connectivity index (χ0n) is 16.4. The molecule has 1 amide bonds. The van der Waals surface area contributed by atoms with Crippen LogP contribution in [-0.2, 0) is 6.42 Å². The molecule has 0 saturated heterocycles. The van der Waals surface area contributed by atoms with Crippen molar-refractivity contribution in [1.82, 2.24) is 15.2 Å². The number of halogens is 2. The van der Waals surface area contributed by atoms with Gasteiger partial charge in [-0.05, 0) is 82.6 Å². The van der Waals surface area contributed by atoms with Gasteiger partial charge < -0.3 is 19.9 Å².